The summed E-state index contributed by atoms with van der Waals surface area (Å²) in [5.74, 6) is 2.30. The Labute approximate surface area is 89.2 Å². The van der Waals surface area contributed by atoms with Gasteiger partial charge >= 0.3 is 0 Å². The zero-order valence-electron chi connectivity index (χ0n) is 8.41. The van der Waals surface area contributed by atoms with Gasteiger partial charge in [0.15, 0.2) is 0 Å². The summed E-state index contributed by atoms with van der Waals surface area (Å²) < 4.78 is 5.12. The Morgan fingerprint density at radius 3 is 3.07 bits per heavy atom. The summed E-state index contributed by atoms with van der Waals surface area (Å²) in [5, 5.41) is 0. The van der Waals surface area contributed by atoms with Gasteiger partial charge in [0.2, 0.25) is 5.91 Å². The quantitative estimate of drug-likeness (QED) is 0.671. The average molecular weight is 218 g/mol. The largest absolute Gasteiger partial charge is 0.370 e. The molecule has 4 nitrogen and oxygen atoms in total. The number of amides is 1. The lowest BCUT2D eigenvalue weighted by Gasteiger charge is -2.19. The maximum absolute atomic E-state index is 11.6. The standard InChI is InChI=1S/C9H18N2O2S/c10-2-5-13-8-9(12)11-3-1-6-14-7-4-11/h1-8,10H2. The lowest BCUT2D eigenvalue weighted by molar-refractivity contribution is -0.135. The molecule has 1 amide bonds. The third-order valence-electron chi connectivity index (χ3n) is 2.06. The van der Waals surface area contributed by atoms with Gasteiger partial charge < -0.3 is 15.4 Å². The number of nitrogens with zero attached hydrogens (tertiary/aromatic N) is 1. The Hall–Kier alpha value is -0.260. The molecular formula is C9H18N2O2S. The molecule has 0 aromatic heterocycles. The Bertz CT molecular complexity index is 170. The van der Waals surface area contributed by atoms with E-state index in [1.54, 1.807) is 0 Å². The number of hydrogen-bond acceptors (Lipinski definition) is 4. The van der Waals surface area contributed by atoms with E-state index < -0.39 is 0 Å². The summed E-state index contributed by atoms with van der Waals surface area (Å²) >= 11 is 1.91. The normalized spacial score (nSPS) is 17.9. The van der Waals surface area contributed by atoms with Gasteiger partial charge in [-0.3, -0.25) is 4.79 Å². The van der Waals surface area contributed by atoms with Crippen molar-refractivity contribution in [2.24, 2.45) is 5.73 Å². The second kappa shape index (κ2) is 7.09. The molecule has 0 bridgehead atoms. The van der Waals surface area contributed by atoms with Crippen molar-refractivity contribution >= 4 is 17.7 Å². The highest BCUT2D eigenvalue weighted by molar-refractivity contribution is 7.99. The summed E-state index contributed by atoms with van der Waals surface area (Å²) in [4.78, 5) is 13.5. The third-order valence-corrected chi connectivity index (χ3v) is 3.11. The number of rotatable bonds is 4. The van der Waals surface area contributed by atoms with Crippen molar-refractivity contribution < 1.29 is 9.53 Å². The Kier molecular flexibility index (Phi) is 5.98. The Balaban J connectivity index is 2.20. The Morgan fingerprint density at radius 2 is 2.29 bits per heavy atom. The SMILES string of the molecule is NCCOCC(=O)N1CCCSCC1. The number of carbonyl (C=O) groups excluding carboxylic acids is 1. The van der Waals surface area contributed by atoms with Gasteiger partial charge in [-0.1, -0.05) is 0 Å². The summed E-state index contributed by atoms with van der Waals surface area (Å²) in [5.41, 5.74) is 5.26. The van der Waals surface area contributed by atoms with Crippen molar-refractivity contribution in [3.8, 4) is 0 Å². The van der Waals surface area contributed by atoms with Crippen LogP contribution in [0.25, 0.3) is 0 Å². The van der Waals surface area contributed by atoms with E-state index >= 15 is 0 Å². The minimum atomic E-state index is 0.0981. The van der Waals surface area contributed by atoms with E-state index in [2.05, 4.69) is 0 Å². The van der Waals surface area contributed by atoms with Gasteiger partial charge in [-0.25, -0.2) is 0 Å². The molecule has 0 spiro atoms. The molecule has 0 radical (unpaired) electrons. The fourth-order valence-corrected chi connectivity index (χ4v) is 2.22. The maximum Gasteiger partial charge on any atom is 0.248 e. The van der Waals surface area contributed by atoms with Crippen LogP contribution in [-0.2, 0) is 9.53 Å². The van der Waals surface area contributed by atoms with E-state index in [0.29, 0.717) is 13.2 Å². The minimum Gasteiger partial charge on any atom is -0.370 e. The summed E-state index contributed by atoms with van der Waals surface area (Å²) in [6.07, 6.45) is 1.09. The maximum atomic E-state index is 11.6. The van der Waals surface area contributed by atoms with Gasteiger partial charge in [-0.15, -0.1) is 0 Å². The number of ether oxygens (including phenoxy) is 1. The summed E-state index contributed by atoms with van der Waals surface area (Å²) in [7, 11) is 0. The molecule has 2 N–H and O–H groups in total. The number of nitrogens with two attached hydrogens (primary N) is 1. The van der Waals surface area contributed by atoms with Gasteiger partial charge in [0.1, 0.15) is 6.61 Å². The fraction of sp³-hybridized carbons (Fsp3) is 0.889. The van der Waals surface area contributed by atoms with Gasteiger partial charge in [0.25, 0.3) is 0 Å². The van der Waals surface area contributed by atoms with Crippen LogP contribution in [0.1, 0.15) is 6.42 Å². The molecule has 0 aromatic rings. The van der Waals surface area contributed by atoms with Crippen molar-refractivity contribution in [3.63, 3.8) is 0 Å². The van der Waals surface area contributed by atoms with Crippen LogP contribution in [0.15, 0.2) is 0 Å². The van der Waals surface area contributed by atoms with Crippen molar-refractivity contribution in [2.45, 2.75) is 6.42 Å². The highest BCUT2D eigenvalue weighted by atomic mass is 32.2. The molecule has 1 aliphatic heterocycles. The number of hydrogen-bond donors (Lipinski definition) is 1. The summed E-state index contributed by atoms with van der Waals surface area (Å²) in [6.45, 7) is 2.85. The van der Waals surface area contributed by atoms with E-state index in [1.807, 2.05) is 16.7 Å². The molecule has 0 aromatic carbocycles. The first kappa shape index (κ1) is 11.8. The molecule has 82 valence electrons. The van der Waals surface area contributed by atoms with Crippen LogP contribution in [0.4, 0.5) is 0 Å². The molecule has 0 saturated carbocycles. The van der Waals surface area contributed by atoms with Crippen molar-refractivity contribution in [1.82, 2.24) is 4.90 Å². The Morgan fingerprint density at radius 1 is 1.43 bits per heavy atom. The monoisotopic (exact) mass is 218 g/mol. The highest BCUT2D eigenvalue weighted by Gasteiger charge is 2.14. The lowest BCUT2D eigenvalue weighted by Crippen LogP contribution is -2.36. The van der Waals surface area contributed by atoms with Crippen LogP contribution in [-0.4, -0.2) is 55.2 Å². The van der Waals surface area contributed by atoms with Crippen LogP contribution in [0.2, 0.25) is 0 Å². The van der Waals surface area contributed by atoms with Crippen molar-refractivity contribution in [3.05, 3.63) is 0 Å². The first-order valence-electron chi connectivity index (χ1n) is 4.98. The van der Waals surface area contributed by atoms with E-state index in [1.165, 1.54) is 0 Å². The average Bonchev–Trinajstić information content (AvgIpc) is 2.46. The molecule has 1 aliphatic rings. The molecule has 0 aliphatic carbocycles. The van der Waals surface area contributed by atoms with Crippen molar-refractivity contribution in [1.29, 1.82) is 0 Å². The van der Waals surface area contributed by atoms with Crippen LogP contribution in [0.5, 0.6) is 0 Å². The first-order chi connectivity index (χ1) is 6.84. The molecule has 14 heavy (non-hydrogen) atoms. The zero-order chi connectivity index (χ0) is 10.2. The second-order valence-electron chi connectivity index (χ2n) is 3.19. The third kappa shape index (κ3) is 4.30. The molecule has 1 rings (SSSR count). The van der Waals surface area contributed by atoms with E-state index in [9.17, 15) is 4.79 Å². The second-order valence-corrected chi connectivity index (χ2v) is 4.41. The predicted octanol–water partition coefficient (Wildman–Crippen LogP) is -0.0728. The van der Waals surface area contributed by atoms with E-state index in [-0.39, 0.29) is 12.5 Å². The van der Waals surface area contributed by atoms with Crippen LogP contribution in [0, 0.1) is 0 Å². The van der Waals surface area contributed by atoms with Gasteiger partial charge in [0, 0.05) is 25.4 Å². The molecule has 0 unspecified atom stereocenters. The molecule has 1 fully saturated rings. The number of thioether (sulfide) groups is 1. The van der Waals surface area contributed by atoms with Crippen LogP contribution in [0.3, 0.4) is 0 Å². The van der Waals surface area contributed by atoms with Gasteiger partial charge in [0.05, 0.1) is 6.61 Å². The van der Waals surface area contributed by atoms with Crippen LogP contribution < -0.4 is 5.73 Å². The smallest absolute Gasteiger partial charge is 0.248 e. The molecule has 0 atom stereocenters. The van der Waals surface area contributed by atoms with Crippen LogP contribution >= 0.6 is 11.8 Å². The first-order valence-corrected chi connectivity index (χ1v) is 6.13. The van der Waals surface area contributed by atoms with Gasteiger partial charge in [-0.2, -0.15) is 11.8 Å². The number of carbonyl (C=O) groups is 1. The molecule has 1 saturated heterocycles. The predicted molar refractivity (Wildman–Crippen MR) is 58.4 cm³/mol. The lowest BCUT2D eigenvalue weighted by atomic mass is 10.4. The minimum absolute atomic E-state index is 0.0981. The zero-order valence-corrected chi connectivity index (χ0v) is 9.22. The van der Waals surface area contributed by atoms with Crippen molar-refractivity contribution in [2.75, 3.05) is 44.4 Å². The van der Waals surface area contributed by atoms with E-state index in [0.717, 1.165) is 31.0 Å². The summed E-state index contributed by atoms with van der Waals surface area (Å²) in [6, 6.07) is 0. The fourth-order valence-electron chi connectivity index (χ4n) is 1.33. The topological polar surface area (TPSA) is 55.6 Å². The highest BCUT2D eigenvalue weighted by Crippen LogP contribution is 2.09. The molecule has 5 heteroatoms. The molecular weight excluding hydrogens is 200 g/mol. The van der Waals surface area contributed by atoms with E-state index in [4.69, 9.17) is 10.5 Å². The van der Waals surface area contributed by atoms with Gasteiger partial charge in [-0.05, 0) is 12.2 Å². The molecule has 1 heterocycles.